The van der Waals surface area contributed by atoms with Crippen molar-refractivity contribution >= 4 is 0 Å². The maximum Gasteiger partial charge on any atom is 0.181 e. The first-order valence-corrected chi connectivity index (χ1v) is 5.56. The van der Waals surface area contributed by atoms with Crippen LogP contribution in [0.25, 0.3) is 11.4 Å². The van der Waals surface area contributed by atoms with E-state index >= 15 is 0 Å². The minimum atomic E-state index is 0.532. The van der Waals surface area contributed by atoms with Gasteiger partial charge in [-0.3, -0.25) is 4.68 Å². The summed E-state index contributed by atoms with van der Waals surface area (Å²) in [5.41, 5.74) is 2.41. The molecule has 0 bridgehead atoms. The van der Waals surface area contributed by atoms with Crippen molar-refractivity contribution in [2.24, 2.45) is 7.05 Å². The Morgan fingerprint density at radius 2 is 2.00 bits per heavy atom. The van der Waals surface area contributed by atoms with E-state index in [1.165, 1.54) is 5.56 Å². The molecule has 0 unspecified atom stereocenters. The molecule has 0 saturated carbocycles. The second-order valence-corrected chi connectivity index (χ2v) is 4.39. The molecule has 0 radical (unpaired) electrons. The van der Waals surface area contributed by atoms with Crippen LogP contribution in [0.3, 0.4) is 0 Å². The molecule has 2 aromatic rings. The van der Waals surface area contributed by atoms with Gasteiger partial charge < -0.3 is 0 Å². The van der Waals surface area contributed by atoms with Gasteiger partial charge in [0.1, 0.15) is 5.82 Å². The molecule has 1 aromatic carbocycles. The quantitative estimate of drug-likeness (QED) is 0.771. The number of aromatic nitrogens is 3. The molecular formula is C13H17N3. The van der Waals surface area contributed by atoms with Gasteiger partial charge in [-0.05, 0) is 24.5 Å². The van der Waals surface area contributed by atoms with Crippen LogP contribution in [0.15, 0.2) is 24.3 Å². The van der Waals surface area contributed by atoms with E-state index < -0.39 is 0 Å². The summed E-state index contributed by atoms with van der Waals surface area (Å²) >= 11 is 0. The molecule has 16 heavy (non-hydrogen) atoms. The minimum absolute atomic E-state index is 0.532. The molecule has 0 saturated heterocycles. The van der Waals surface area contributed by atoms with Gasteiger partial charge in [0.25, 0.3) is 0 Å². The molecule has 0 aliphatic heterocycles. The predicted molar refractivity (Wildman–Crippen MR) is 65.3 cm³/mol. The summed E-state index contributed by atoms with van der Waals surface area (Å²) < 4.78 is 1.80. The van der Waals surface area contributed by atoms with E-state index in [4.69, 9.17) is 0 Å². The van der Waals surface area contributed by atoms with Crippen molar-refractivity contribution in [3.05, 3.63) is 35.7 Å². The third-order valence-electron chi connectivity index (χ3n) is 2.79. The summed E-state index contributed by atoms with van der Waals surface area (Å²) in [7, 11) is 1.91. The van der Waals surface area contributed by atoms with Crippen LogP contribution in [-0.2, 0) is 7.05 Å². The smallest absolute Gasteiger partial charge is 0.181 e. The summed E-state index contributed by atoms with van der Waals surface area (Å²) in [4.78, 5) is 4.43. The summed E-state index contributed by atoms with van der Waals surface area (Å²) in [5.74, 6) is 2.28. The van der Waals surface area contributed by atoms with E-state index in [0.29, 0.717) is 5.92 Å². The maximum atomic E-state index is 4.43. The zero-order valence-corrected chi connectivity index (χ0v) is 10.2. The Balaban J connectivity index is 2.44. The fraction of sp³-hybridized carbons (Fsp3) is 0.385. The third-order valence-corrected chi connectivity index (χ3v) is 2.79. The van der Waals surface area contributed by atoms with E-state index in [1.807, 2.05) is 14.0 Å². The van der Waals surface area contributed by atoms with Crippen LogP contribution in [0.5, 0.6) is 0 Å². The van der Waals surface area contributed by atoms with Crippen molar-refractivity contribution in [3.63, 3.8) is 0 Å². The summed E-state index contributed by atoms with van der Waals surface area (Å²) in [6.07, 6.45) is 0. The van der Waals surface area contributed by atoms with Crippen LogP contribution < -0.4 is 0 Å². The van der Waals surface area contributed by atoms with Gasteiger partial charge in [-0.2, -0.15) is 5.10 Å². The molecule has 0 N–H and O–H groups in total. The van der Waals surface area contributed by atoms with Crippen molar-refractivity contribution in [1.82, 2.24) is 14.8 Å². The Kier molecular flexibility index (Phi) is 2.77. The molecule has 0 spiro atoms. The highest BCUT2D eigenvalue weighted by atomic mass is 15.3. The fourth-order valence-electron chi connectivity index (χ4n) is 1.62. The van der Waals surface area contributed by atoms with Gasteiger partial charge in [0.15, 0.2) is 5.82 Å². The minimum Gasteiger partial charge on any atom is -0.253 e. The largest absolute Gasteiger partial charge is 0.253 e. The monoisotopic (exact) mass is 215 g/mol. The summed E-state index contributed by atoms with van der Waals surface area (Å²) in [6.45, 7) is 6.34. The van der Waals surface area contributed by atoms with Gasteiger partial charge in [-0.25, -0.2) is 4.98 Å². The lowest BCUT2D eigenvalue weighted by Gasteiger charge is -2.05. The Morgan fingerprint density at radius 1 is 1.25 bits per heavy atom. The molecule has 0 fully saturated rings. The van der Waals surface area contributed by atoms with E-state index in [0.717, 1.165) is 17.2 Å². The van der Waals surface area contributed by atoms with Crippen molar-refractivity contribution in [1.29, 1.82) is 0 Å². The Labute approximate surface area is 96.1 Å². The number of rotatable bonds is 2. The fourth-order valence-corrected chi connectivity index (χ4v) is 1.62. The molecule has 2 rings (SSSR count). The zero-order chi connectivity index (χ0) is 11.7. The van der Waals surface area contributed by atoms with Crippen molar-refractivity contribution in [2.75, 3.05) is 0 Å². The molecule has 1 aromatic heterocycles. The Hall–Kier alpha value is -1.64. The highest BCUT2D eigenvalue weighted by Crippen LogP contribution is 2.21. The average molecular weight is 215 g/mol. The van der Waals surface area contributed by atoms with Crippen LogP contribution in [0, 0.1) is 6.92 Å². The topological polar surface area (TPSA) is 30.7 Å². The highest BCUT2D eigenvalue weighted by molar-refractivity contribution is 5.56. The zero-order valence-electron chi connectivity index (χ0n) is 10.2. The second-order valence-electron chi connectivity index (χ2n) is 4.39. The van der Waals surface area contributed by atoms with Crippen LogP contribution >= 0.6 is 0 Å². The van der Waals surface area contributed by atoms with Crippen molar-refractivity contribution in [2.45, 2.75) is 26.7 Å². The van der Waals surface area contributed by atoms with E-state index in [1.54, 1.807) is 4.68 Å². The van der Waals surface area contributed by atoms with Gasteiger partial charge in [-0.15, -0.1) is 0 Å². The number of hydrogen-bond donors (Lipinski definition) is 0. The van der Waals surface area contributed by atoms with Gasteiger partial charge >= 0.3 is 0 Å². The molecule has 0 aliphatic carbocycles. The summed E-state index contributed by atoms with van der Waals surface area (Å²) in [5, 5.41) is 4.39. The van der Waals surface area contributed by atoms with Crippen molar-refractivity contribution < 1.29 is 0 Å². The standard InChI is InChI=1S/C13H17N3/c1-9(2)11-6-5-7-12(8-11)13-14-10(3)16(4)15-13/h5-9H,1-4H3. The SMILES string of the molecule is Cc1nc(-c2cccc(C(C)C)c2)nn1C. The molecular weight excluding hydrogens is 198 g/mol. The van der Waals surface area contributed by atoms with Crippen LogP contribution in [0.2, 0.25) is 0 Å². The molecule has 0 aliphatic rings. The van der Waals surface area contributed by atoms with Gasteiger partial charge in [0, 0.05) is 12.6 Å². The number of benzene rings is 1. The Bertz CT molecular complexity index is 478. The maximum absolute atomic E-state index is 4.43. The third kappa shape index (κ3) is 1.98. The van der Waals surface area contributed by atoms with E-state index in [9.17, 15) is 0 Å². The van der Waals surface area contributed by atoms with Crippen LogP contribution in [-0.4, -0.2) is 14.8 Å². The molecule has 3 nitrogen and oxygen atoms in total. The first kappa shape index (κ1) is 10.9. The number of nitrogens with zero attached hydrogens (tertiary/aromatic N) is 3. The lowest BCUT2D eigenvalue weighted by Crippen LogP contribution is -1.92. The average Bonchev–Trinajstić information content (AvgIpc) is 2.59. The molecule has 0 atom stereocenters. The summed E-state index contributed by atoms with van der Waals surface area (Å²) in [6, 6.07) is 8.43. The first-order chi connectivity index (χ1) is 7.58. The second kappa shape index (κ2) is 4.08. The molecule has 0 amide bonds. The number of hydrogen-bond acceptors (Lipinski definition) is 2. The van der Waals surface area contributed by atoms with Gasteiger partial charge in [-0.1, -0.05) is 32.0 Å². The molecule has 84 valence electrons. The lowest BCUT2D eigenvalue weighted by atomic mass is 10.0. The van der Waals surface area contributed by atoms with E-state index in [-0.39, 0.29) is 0 Å². The normalized spacial score (nSPS) is 11.1. The molecule has 1 heterocycles. The van der Waals surface area contributed by atoms with Crippen molar-refractivity contribution in [3.8, 4) is 11.4 Å². The van der Waals surface area contributed by atoms with Gasteiger partial charge in [0.2, 0.25) is 0 Å². The number of aryl methyl sites for hydroxylation is 2. The predicted octanol–water partition coefficient (Wildman–Crippen LogP) is 2.91. The first-order valence-electron chi connectivity index (χ1n) is 5.56. The Morgan fingerprint density at radius 3 is 2.56 bits per heavy atom. The van der Waals surface area contributed by atoms with Crippen LogP contribution in [0.4, 0.5) is 0 Å². The lowest BCUT2D eigenvalue weighted by molar-refractivity contribution is 0.736. The van der Waals surface area contributed by atoms with Gasteiger partial charge in [0.05, 0.1) is 0 Å². The highest BCUT2D eigenvalue weighted by Gasteiger charge is 2.07. The molecule has 3 heteroatoms. The van der Waals surface area contributed by atoms with Crippen LogP contribution in [0.1, 0.15) is 31.2 Å². The van der Waals surface area contributed by atoms with E-state index in [2.05, 4.69) is 48.2 Å².